The third-order valence-electron chi connectivity index (χ3n) is 3.05. The van der Waals surface area contributed by atoms with E-state index in [1.165, 1.54) is 0 Å². The highest BCUT2D eigenvalue weighted by molar-refractivity contribution is 5.99. The van der Waals surface area contributed by atoms with Gasteiger partial charge in [-0.2, -0.15) is 0 Å². The van der Waals surface area contributed by atoms with Gasteiger partial charge in [0, 0.05) is 24.6 Å². The van der Waals surface area contributed by atoms with Crippen molar-refractivity contribution < 1.29 is 14.3 Å². The number of carbonyl (C=O) groups excluding carboxylic acids is 1. The predicted octanol–water partition coefficient (Wildman–Crippen LogP) is 1.40. The number of nitrogens with one attached hydrogen (secondary N) is 1. The second kappa shape index (κ2) is 3.14. The first-order valence-corrected chi connectivity index (χ1v) is 5.45. The predicted molar refractivity (Wildman–Crippen MR) is 57.9 cm³/mol. The minimum Gasteiger partial charge on any atom is -0.451 e. The first-order chi connectivity index (χ1) is 7.66. The Labute approximate surface area is 93.5 Å². The van der Waals surface area contributed by atoms with Crippen molar-refractivity contribution >= 4 is 5.91 Å². The normalized spacial score (nSPS) is 21.6. The molecule has 1 atom stereocenters. The summed E-state index contributed by atoms with van der Waals surface area (Å²) in [6.45, 7) is 4.45. The van der Waals surface area contributed by atoms with Gasteiger partial charge < -0.3 is 14.8 Å². The molecule has 1 aromatic rings. The number of ether oxygens (including phenoxy) is 2. The van der Waals surface area contributed by atoms with E-state index in [2.05, 4.69) is 5.32 Å². The number of benzene rings is 1. The summed E-state index contributed by atoms with van der Waals surface area (Å²) in [6, 6.07) is 1.93. The molecule has 4 nitrogen and oxygen atoms in total. The van der Waals surface area contributed by atoms with Gasteiger partial charge in [-0.3, -0.25) is 4.79 Å². The van der Waals surface area contributed by atoms with Gasteiger partial charge in [0.1, 0.15) is 0 Å². The zero-order valence-corrected chi connectivity index (χ0v) is 9.29. The van der Waals surface area contributed by atoms with Crippen LogP contribution in [0.25, 0.3) is 0 Å². The smallest absolute Gasteiger partial charge is 0.251 e. The van der Waals surface area contributed by atoms with Crippen LogP contribution in [-0.2, 0) is 6.42 Å². The fourth-order valence-corrected chi connectivity index (χ4v) is 2.35. The van der Waals surface area contributed by atoms with Gasteiger partial charge in [0.25, 0.3) is 5.91 Å². The highest BCUT2D eigenvalue weighted by Crippen LogP contribution is 2.41. The summed E-state index contributed by atoms with van der Waals surface area (Å²) in [5, 5.41) is 2.85. The van der Waals surface area contributed by atoms with Gasteiger partial charge in [-0.1, -0.05) is 0 Å². The van der Waals surface area contributed by atoms with Crippen LogP contribution in [0.2, 0.25) is 0 Å². The maximum Gasteiger partial charge on any atom is 0.251 e. The standard InChI is InChI=1S/C12H13NO3/c1-6-10-8(3-4-13-12(10)14)5-9-11(6)16-7(2)15-9/h5,7H,3-4H2,1-2H3,(H,13,14). The summed E-state index contributed by atoms with van der Waals surface area (Å²) in [7, 11) is 0. The zero-order valence-electron chi connectivity index (χ0n) is 9.29. The monoisotopic (exact) mass is 219 g/mol. The summed E-state index contributed by atoms with van der Waals surface area (Å²) >= 11 is 0. The number of hydrogen-bond donors (Lipinski definition) is 1. The highest BCUT2D eigenvalue weighted by atomic mass is 16.7. The number of fused-ring (bicyclic) bond motifs is 2. The van der Waals surface area contributed by atoms with Gasteiger partial charge in [-0.05, 0) is 25.0 Å². The van der Waals surface area contributed by atoms with E-state index < -0.39 is 0 Å². The third-order valence-corrected chi connectivity index (χ3v) is 3.05. The molecule has 0 bridgehead atoms. The molecule has 2 aliphatic heterocycles. The lowest BCUT2D eigenvalue weighted by atomic mass is 9.95. The van der Waals surface area contributed by atoms with Crippen molar-refractivity contribution in [1.82, 2.24) is 5.32 Å². The molecule has 84 valence electrons. The molecule has 3 rings (SSSR count). The Hall–Kier alpha value is -1.71. The molecule has 1 aromatic carbocycles. The lowest BCUT2D eigenvalue weighted by molar-refractivity contribution is 0.0674. The number of amides is 1. The van der Waals surface area contributed by atoms with E-state index in [-0.39, 0.29) is 12.2 Å². The van der Waals surface area contributed by atoms with Crippen molar-refractivity contribution in [2.24, 2.45) is 0 Å². The SMILES string of the molecule is Cc1c2c(cc3c1C(=O)NCC3)OC(C)O2. The third kappa shape index (κ3) is 1.19. The lowest BCUT2D eigenvalue weighted by Gasteiger charge is -2.19. The van der Waals surface area contributed by atoms with Crippen molar-refractivity contribution in [3.8, 4) is 11.5 Å². The largest absolute Gasteiger partial charge is 0.451 e. The summed E-state index contributed by atoms with van der Waals surface area (Å²) < 4.78 is 11.1. The molecule has 16 heavy (non-hydrogen) atoms. The Morgan fingerprint density at radius 2 is 2.25 bits per heavy atom. The minimum absolute atomic E-state index is 0.00953. The molecule has 1 unspecified atom stereocenters. The molecule has 4 heteroatoms. The van der Waals surface area contributed by atoms with Crippen LogP contribution in [0.15, 0.2) is 6.07 Å². The molecular formula is C12H13NO3. The second-order valence-electron chi connectivity index (χ2n) is 4.17. The van der Waals surface area contributed by atoms with Crippen LogP contribution in [0, 0.1) is 6.92 Å². The van der Waals surface area contributed by atoms with Crippen LogP contribution in [0.1, 0.15) is 28.4 Å². The average molecular weight is 219 g/mol. The van der Waals surface area contributed by atoms with Crippen LogP contribution in [0.3, 0.4) is 0 Å². The molecule has 0 saturated carbocycles. The van der Waals surface area contributed by atoms with Crippen molar-refractivity contribution in [3.05, 3.63) is 22.8 Å². The van der Waals surface area contributed by atoms with E-state index in [4.69, 9.17) is 9.47 Å². The maximum absolute atomic E-state index is 11.8. The second-order valence-corrected chi connectivity index (χ2v) is 4.17. The van der Waals surface area contributed by atoms with Crippen molar-refractivity contribution in [1.29, 1.82) is 0 Å². The van der Waals surface area contributed by atoms with Crippen LogP contribution >= 0.6 is 0 Å². The van der Waals surface area contributed by atoms with Gasteiger partial charge >= 0.3 is 0 Å². The summed E-state index contributed by atoms with van der Waals surface area (Å²) in [5.74, 6) is 1.46. The molecule has 2 aliphatic rings. The lowest BCUT2D eigenvalue weighted by Crippen LogP contribution is -2.32. The Morgan fingerprint density at radius 1 is 1.44 bits per heavy atom. The molecule has 0 spiro atoms. The van der Waals surface area contributed by atoms with E-state index in [0.29, 0.717) is 12.3 Å². The fourth-order valence-electron chi connectivity index (χ4n) is 2.35. The van der Waals surface area contributed by atoms with Crippen LogP contribution in [0.5, 0.6) is 11.5 Å². The summed E-state index contributed by atoms with van der Waals surface area (Å²) in [4.78, 5) is 11.8. The topological polar surface area (TPSA) is 47.6 Å². The minimum atomic E-state index is -0.263. The average Bonchev–Trinajstić information content (AvgIpc) is 2.59. The molecule has 1 N–H and O–H groups in total. The zero-order chi connectivity index (χ0) is 11.3. The fraction of sp³-hybridized carbons (Fsp3) is 0.417. The van der Waals surface area contributed by atoms with E-state index in [1.807, 2.05) is 19.9 Å². The van der Waals surface area contributed by atoms with Crippen LogP contribution < -0.4 is 14.8 Å². The van der Waals surface area contributed by atoms with E-state index in [9.17, 15) is 4.79 Å². The Balaban J connectivity index is 2.21. The van der Waals surface area contributed by atoms with Gasteiger partial charge in [0.05, 0.1) is 0 Å². The van der Waals surface area contributed by atoms with Crippen molar-refractivity contribution in [2.45, 2.75) is 26.6 Å². The van der Waals surface area contributed by atoms with E-state index in [1.54, 1.807) is 0 Å². The van der Waals surface area contributed by atoms with Gasteiger partial charge in [0.2, 0.25) is 6.29 Å². The number of carbonyl (C=O) groups is 1. The molecule has 0 fully saturated rings. The Morgan fingerprint density at radius 3 is 3.06 bits per heavy atom. The first-order valence-electron chi connectivity index (χ1n) is 5.45. The summed E-state index contributed by atoms with van der Waals surface area (Å²) in [6.07, 6.45) is 0.591. The maximum atomic E-state index is 11.8. The Bertz CT molecular complexity index is 482. The Kier molecular flexibility index (Phi) is 1.87. The van der Waals surface area contributed by atoms with Crippen molar-refractivity contribution in [2.75, 3.05) is 6.54 Å². The van der Waals surface area contributed by atoms with Gasteiger partial charge in [-0.15, -0.1) is 0 Å². The molecule has 0 saturated heterocycles. The summed E-state index contributed by atoms with van der Waals surface area (Å²) in [5.41, 5.74) is 2.69. The van der Waals surface area contributed by atoms with Crippen molar-refractivity contribution in [3.63, 3.8) is 0 Å². The first kappa shape index (κ1) is 9.51. The van der Waals surface area contributed by atoms with Crippen LogP contribution in [-0.4, -0.2) is 18.7 Å². The highest BCUT2D eigenvalue weighted by Gasteiger charge is 2.29. The quantitative estimate of drug-likeness (QED) is 0.717. The molecule has 1 amide bonds. The number of hydrogen-bond acceptors (Lipinski definition) is 3. The number of rotatable bonds is 0. The molecule has 2 heterocycles. The van der Waals surface area contributed by atoms with E-state index >= 15 is 0 Å². The van der Waals surface area contributed by atoms with Crippen LogP contribution in [0.4, 0.5) is 0 Å². The van der Waals surface area contributed by atoms with E-state index in [0.717, 1.165) is 28.9 Å². The van der Waals surface area contributed by atoms with Gasteiger partial charge in [0.15, 0.2) is 11.5 Å². The molecular weight excluding hydrogens is 206 g/mol. The molecule has 0 aromatic heterocycles. The molecule has 0 radical (unpaired) electrons. The van der Waals surface area contributed by atoms with Gasteiger partial charge in [-0.25, -0.2) is 0 Å². The molecule has 0 aliphatic carbocycles.